The van der Waals surface area contributed by atoms with Crippen LogP contribution in [-0.2, 0) is 10.0 Å². The van der Waals surface area contributed by atoms with Crippen molar-refractivity contribution in [3.8, 4) is 0 Å². The van der Waals surface area contributed by atoms with Crippen molar-refractivity contribution in [3.05, 3.63) is 34.0 Å². The summed E-state index contributed by atoms with van der Waals surface area (Å²) >= 11 is 4.47. The molecule has 0 amide bonds. The largest absolute Gasteiger partial charge is 0.265 e. The monoisotopic (exact) mass is 361 g/mol. The van der Waals surface area contributed by atoms with E-state index in [-0.39, 0.29) is 10.8 Å². The summed E-state index contributed by atoms with van der Waals surface area (Å²) in [7, 11) is -3.64. The molecule has 0 fully saturated rings. The lowest BCUT2D eigenvalue weighted by Gasteiger charge is -2.05. The summed E-state index contributed by atoms with van der Waals surface area (Å²) in [6.45, 7) is 4.01. The van der Waals surface area contributed by atoms with Crippen molar-refractivity contribution in [3.63, 3.8) is 0 Å². The molecule has 0 bridgehead atoms. The Kier molecular flexibility index (Phi) is 4.22. The third kappa shape index (κ3) is 3.52. The zero-order valence-electron chi connectivity index (χ0n) is 10.3. The summed E-state index contributed by atoms with van der Waals surface area (Å²) in [6, 6.07) is 1.49. The van der Waals surface area contributed by atoms with E-state index >= 15 is 0 Å². The normalized spacial score (nSPS) is 11.8. The van der Waals surface area contributed by atoms with Crippen molar-refractivity contribution >= 4 is 42.4 Å². The second kappa shape index (κ2) is 5.56. The number of rotatable bonds is 4. The average Bonchev–Trinajstić information content (AvgIpc) is 2.77. The Hall–Kier alpha value is -0.990. The van der Waals surface area contributed by atoms with E-state index in [1.165, 1.54) is 29.8 Å². The zero-order valence-corrected chi connectivity index (χ0v) is 13.5. The summed E-state index contributed by atoms with van der Waals surface area (Å²) < 4.78 is 27.3. The van der Waals surface area contributed by atoms with Crippen molar-refractivity contribution < 1.29 is 8.42 Å². The highest BCUT2D eigenvalue weighted by Crippen LogP contribution is 2.24. The van der Waals surface area contributed by atoms with Gasteiger partial charge in [-0.25, -0.2) is 13.4 Å². The molecular formula is C11H12BrN3O2S2. The molecule has 0 saturated heterocycles. The van der Waals surface area contributed by atoms with E-state index in [1.54, 1.807) is 0 Å². The van der Waals surface area contributed by atoms with Crippen LogP contribution in [0.25, 0.3) is 0 Å². The van der Waals surface area contributed by atoms with Gasteiger partial charge in [0.15, 0.2) is 5.13 Å². The zero-order chi connectivity index (χ0) is 14.0. The Labute approximate surface area is 124 Å². The third-order valence-corrected chi connectivity index (χ3v) is 4.97. The average molecular weight is 362 g/mol. The molecule has 8 heteroatoms. The van der Waals surface area contributed by atoms with Crippen molar-refractivity contribution in [1.82, 2.24) is 9.97 Å². The Morgan fingerprint density at radius 1 is 1.37 bits per heavy atom. The summed E-state index contributed by atoms with van der Waals surface area (Å²) in [5.74, 6) is 0.266. The molecule has 2 rings (SSSR count). The number of nitrogens with one attached hydrogen (secondary N) is 1. The molecule has 2 aromatic rings. The first-order valence-corrected chi connectivity index (χ1v) is 8.63. The van der Waals surface area contributed by atoms with Gasteiger partial charge in [0.1, 0.15) is 4.90 Å². The molecule has 2 aromatic heterocycles. The van der Waals surface area contributed by atoms with Gasteiger partial charge in [-0.3, -0.25) is 9.71 Å². The third-order valence-electron chi connectivity index (χ3n) is 2.33. The molecular weight excluding hydrogens is 350 g/mol. The highest BCUT2D eigenvalue weighted by Gasteiger charge is 2.17. The molecule has 0 radical (unpaired) electrons. The molecule has 0 saturated carbocycles. The van der Waals surface area contributed by atoms with Crippen LogP contribution in [-0.4, -0.2) is 18.4 Å². The Balaban J connectivity index is 2.26. The van der Waals surface area contributed by atoms with Gasteiger partial charge in [0.05, 0.1) is 5.69 Å². The number of halogens is 1. The minimum absolute atomic E-state index is 0.100. The standard InChI is InChI=1S/C11H12BrN3O2S2/c1-7(2)10-6-18-11(14-10)15-19(16,17)9-3-8(12)4-13-5-9/h3-7H,1-2H3,(H,14,15). The lowest BCUT2D eigenvalue weighted by Crippen LogP contribution is -2.13. The number of hydrogen-bond acceptors (Lipinski definition) is 5. The maximum Gasteiger partial charge on any atom is 0.265 e. The van der Waals surface area contributed by atoms with Gasteiger partial charge in [0.2, 0.25) is 0 Å². The van der Waals surface area contributed by atoms with E-state index in [1.807, 2.05) is 19.2 Å². The number of nitrogens with zero attached hydrogens (tertiary/aromatic N) is 2. The molecule has 2 heterocycles. The van der Waals surface area contributed by atoms with Gasteiger partial charge < -0.3 is 0 Å². The van der Waals surface area contributed by atoms with E-state index < -0.39 is 10.0 Å². The number of thiazole rings is 1. The van der Waals surface area contributed by atoms with Crippen molar-refractivity contribution in [2.75, 3.05) is 4.72 Å². The number of pyridine rings is 1. The number of aromatic nitrogens is 2. The molecule has 19 heavy (non-hydrogen) atoms. The maximum atomic E-state index is 12.1. The number of hydrogen-bond donors (Lipinski definition) is 1. The van der Waals surface area contributed by atoms with Gasteiger partial charge in [-0.1, -0.05) is 13.8 Å². The van der Waals surface area contributed by atoms with Crippen LogP contribution in [0.5, 0.6) is 0 Å². The quantitative estimate of drug-likeness (QED) is 0.907. The minimum Gasteiger partial charge on any atom is -0.262 e. The van der Waals surface area contributed by atoms with Crippen LogP contribution in [0.2, 0.25) is 0 Å². The number of anilines is 1. The first kappa shape index (κ1) is 14.4. The molecule has 0 aromatic carbocycles. The van der Waals surface area contributed by atoms with Crippen LogP contribution in [0.15, 0.2) is 33.2 Å². The first-order valence-electron chi connectivity index (χ1n) is 5.47. The maximum absolute atomic E-state index is 12.1. The predicted octanol–water partition coefficient (Wildman–Crippen LogP) is 3.22. The fourth-order valence-electron chi connectivity index (χ4n) is 1.31. The summed E-state index contributed by atoms with van der Waals surface area (Å²) in [5.41, 5.74) is 0.870. The summed E-state index contributed by atoms with van der Waals surface area (Å²) in [4.78, 5) is 8.18. The van der Waals surface area contributed by atoms with Crippen molar-refractivity contribution in [1.29, 1.82) is 0 Å². The van der Waals surface area contributed by atoms with Gasteiger partial charge in [-0.15, -0.1) is 11.3 Å². The molecule has 1 N–H and O–H groups in total. The van der Waals surface area contributed by atoms with E-state index in [4.69, 9.17) is 0 Å². The molecule has 0 spiro atoms. The lowest BCUT2D eigenvalue weighted by atomic mass is 10.2. The van der Waals surface area contributed by atoms with E-state index in [0.717, 1.165) is 5.69 Å². The van der Waals surface area contributed by atoms with Crippen LogP contribution in [0.1, 0.15) is 25.5 Å². The van der Waals surface area contributed by atoms with Gasteiger partial charge in [-0.2, -0.15) is 0 Å². The van der Waals surface area contributed by atoms with Gasteiger partial charge >= 0.3 is 0 Å². The Morgan fingerprint density at radius 3 is 2.68 bits per heavy atom. The van der Waals surface area contributed by atoms with Gasteiger partial charge in [0, 0.05) is 22.2 Å². The predicted molar refractivity (Wildman–Crippen MR) is 78.9 cm³/mol. The fourth-order valence-corrected chi connectivity index (χ4v) is 3.94. The molecule has 102 valence electrons. The minimum atomic E-state index is -3.64. The second-order valence-electron chi connectivity index (χ2n) is 4.18. The Morgan fingerprint density at radius 2 is 2.11 bits per heavy atom. The number of sulfonamides is 1. The van der Waals surface area contributed by atoms with Crippen LogP contribution in [0.4, 0.5) is 5.13 Å². The summed E-state index contributed by atoms with van der Waals surface area (Å²) in [6.07, 6.45) is 2.82. The highest BCUT2D eigenvalue weighted by atomic mass is 79.9. The van der Waals surface area contributed by atoms with Crippen molar-refractivity contribution in [2.45, 2.75) is 24.7 Å². The van der Waals surface area contributed by atoms with Crippen molar-refractivity contribution in [2.24, 2.45) is 0 Å². The summed E-state index contributed by atoms with van der Waals surface area (Å²) in [5, 5.41) is 2.21. The molecule has 0 aliphatic carbocycles. The molecule has 0 aliphatic rings. The molecule has 0 aliphatic heterocycles. The molecule has 5 nitrogen and oxygen atoms in total. The van der Waals surface area contributed by atoms with E-state index in [0.29, 0.717) is 9.60 Å². The van der Waals surface area contributed by atoms with Crippen LogP contribution in [0.3, 0.4) is 0 Å². The van der Waals surface area contributed by atoms with Crippen LogP contribution >= 0.6 is 27.3 Å². The fraction of sp³-hybridized carbons (Fsp3) is 0.273. The second-order valence-corrected chi connectivity index (χ2v) is 7.63. The highest BCUT2D eigenvalue weighted by molar-refractivity contribution is 9.10. The smallest absolute Gasteiger partial charge is 0.262 e. The topological polar surface area (TPSA) is 72.0 Å². The Bertz CT molecular complexity index is 683. The SMILES string of the molecule is CC(C)c1csc(NS(=O)(=O)c2cncc(Br)c2)n1. The lowest BCUT2D eigenvalue weighted by molar-refractivity contribution is 0.600. The van der Waals surface area contributed by atoms with Crippen LogP contribution in [0, 0.1) is 0 Å². The van der Waals surface area contributed by atoms with Gasteiger partial charge in [0.25, 0.3) is 10.0 Å². The molecule has 0 atom stereocenters. The van der Waals surface area contributed by atoms with E-state index in [2.05, 4.69) is 30.6 Å². The molecule has 0 unspecified atom stereocenters. The first-order chi connectivity index (χ1) is 8.88. The van der Waals surface area contributed by atoms with E-state index in [9.17, 15) is 8.42 Å². The van der Waals surface area contributed by atoms with Gasteiger partial charge in [-0.05, 0) is 27.9 Å². The van der Waals surface area contributed by atoms with Crippen LogP contribution < -0.4 is 4.72 Å².